The second-order valence-corrected chi connectivity index (χ2v) is 12.8. The van der Waals surface area contributed by atoms with Crippen molar-refractivity contribution in [2.24, 2.45) is 5.84 Å². The second-order valence-electron chi connectivity index (χ2n) is 12.8. The Bertz CT molecular complexity index is 1360. The van der Waals surface area contributed by atoms with Gasteiger partial charge in [-0.1, -0.05) is 0 Å². The molecule has 0 spiro atoms. The van der Waals surface area contributed by atoms with Gasteiger partial charge in [-0.05, 0) is 39.7 Å². The number of hydroxylamine groups is 2. The van der Waals surface area contributed by atoms with Crippen LogP contribution >= 0.6 is 0 Å². The molecule has 1 aromatic carbocycles. The third kappa shape index (κ3) is 26.5. The highest BCUT2D eigenvalue weighted by molar-refractivity contribution is 6.01. The molecule has 58 heavy (non-hydrogen) atoms. The zero-order chi connectivity index (χ0) is 43.0. The van der Waals surface area contributed by atoms with Gasteiger partial charge in [0, 0.05) is 31.1 Å². The van der Waals surface area contributed by atoms with E-state index in [1.54, 1.807) is 20.8 Å². The number of ether oxygens (including phenoxy) is 9. The maximum Gasteiger partial charge on any atom is 0.421 e. The van der Waals surface area contributed by atoms with Gasteiger partial charge in [-0.15, -0.1) is 5.06 Å². The van der Waals surface area contributed by atoms with E-state index in [0.29, 0.717) is 116 Å². The van der Waals surface area contributed by atoms with Crippen LogP contribution < -0.4 is 11.3 Å². The van der Waals surface area contributed by atoms with E-state index in [9.17, 15) is 39.4 Å². The average Bonchev–Trinajstić information content (AvgIpc) is 3.49. The zero-order valence-corrected chi connectivity index (χ0v) is 33.3. The molecule has 0 unspecified atom stereocenters. The molecule has 1 heterocycles. The van der Waals surface area contributed by atoms with Gasteiger partial charge in [0.25, 0.3) is 23.2 Å². The number of nitrogens with zero attached hydrogens (tertiary/aromatic N) is 3. The fraction of sp³-hybridized carbons (Fsp3) is 0.714. The Hall–Kier alpha value is -4.46. The van der Waals surface area contributed by atoms with Crippen LogP contribution in [0.1, 0.15) is 52.0 Å². The highest BCUT2D eigenvalue weighted by Crippen LogP contribution is 2.25. The number of imide groups is 1. The minimum Gasteiger partial charge on any atom is -0.443 e. The predicted molar refractivity (Wildman–Crippen MR) is 200 cm³/mol. The number of non-ortho nitro benzene ring substituents is 1. The molecule has 23 nitrogen and oxygen atoms in total. The monoisotopic (exact) mass is 835 g/mol. The molecule has 0 aromatic heterocycles. The number of hydrogen-bond donors (Lipinski definition) is 2. The quantitative estimate of drug-likeness (QED) is 0.0270. The van der Waals surface area contributed by atoms with Gasteiger partial charge in [0.2, 0.25) is 0 Å². The summed E-state index contributed by atoms with van der Waals surface area (Å²) in [5.41, 5.74) is 1.23. The number of hydrogen-bond acceptors (Lipinski definition) is 19. The summed E-state index contributed by atoms with van der Waals surface area (Å²) in [6, 6.07) is 3.63. The molecule has 1 aliphatic heterocycles. The van der Waals surface area contributed by atoms with Crippen molar-refractivity contribution in [3.63, 3.8) is 0 Å². The number of nitrogens with two attached hydrogens (primary N) is 1. The molecular formula is C35H57N5O18. The molecule has 0 aliphatic carbocycles. The maximum atomic E-state index is 11.6. The molecule has 0 atom stereocenters. The Morgan fingerprint density at radius 3 is 1.47 bits per heavy atom. The molecule has 1 fully saturated rings. The van der Waals surface area contributed by atoms with Crippen molar-refractivity contribution in [3.8, 4) is 0 Å². The van der Waals surface area contributed by atoms with E-state index in [0.717, 1.165) is 6.07 Å². The van der Waals surface area contributed by atoms with Gasteiger partial charge in [0.1, 0.15) is 5.60 Å². The fourth-order valence-corrected chi connectivity index (χ4v) is 4.32. The Morgan fingerprint density at radius 2 is 1.10 bits per heavy atom. The number of aryl methyl sites for hydroxylation is 1. The van der Waals surface area contributed by atoms with E-state index in [4.69, 9.17) is 53.3 Å². The number of nitrogens with one attached hydrogen (secondary N) is 1. The summed E-state index contributed by atoms with van der Waals surface area (Å²) in [5, 5.41) is 22.5. The topological polar surface area (TPSA) is 288 Å². The van der Waals surface area contributed by atoms with Gasteiger partial charge in [0.15, 0.2) is 0 Å². The van der Waals surface area contributed by atoms with Crippen molar-refractivity contribution in [2.75, 3.05) is 106 Å². The molecule has 2 rings (SSSR count). The van der Waals surface area contributed by atoms with Crippen LogP contribution in [0.25, 0.3) is 0 Å². The third-order valence-electron chi connectivity index (χ3n) is 6.98. The van der Waals surface area contributed by atoms with E-state index in [-0.39, 0.29) is 43.9 Å². The summed E-state index contributed by atoms with van der Waals surface area (Å²) in [4.78, 5) is 70.2. The van der Waals surface area contributed by atoms with Gasteiger partial charge < -0.3 is 47.5 Å². The van der Waals surface area contributed by atoms with Gasteiger partial charge >= 0.3 is 12.1 Å². The van der Waals surface area contributed by atoms with Crippen LogP contribution in [0.5, 0.6) is 0 Å². The lowest BCUT2D eigenvalue weighted by atomic mass is 10.1. The molecule has 23 heteroatoms. The number of nitro benzene ring substituents is 2. The van der Waals surface area contributed by atoms with Crippen molar-refractivity contribution < 1.29 is 76.5 Å². The number of nitro groups is 2. The number of amides is 3. The Kier molecular flexibility index (Phi) is 28.0. The third-order valence-corrected chi connectivity index (χ3v) is 6.98. The molecule has 0 radical (unpaired) electrons. The standard InChI is InChI=1S/C30H45N3O16.C5H12N2O2/c34-28-5-6-29(35)31(28)49-30(36)7-9-42-11-13-44-15-17-46-19-21-48-23-22-47-20-18-45-16-14-43-12-10-41-8-1-2-25-3-4-26(32(37)38)24-27(25)33(39)40;1-5(2,3)9-4(8)7-6/h3-4,24H,1-2,5-23H2;6H2,1-3H3,(H,7,8). The lowest BCUT2D eigenvalue weighted by molar-refractivity contribution is -0.394. The number of carbonyl (C=O) groups excluding carboxylic acids is 4. The van der Waals surface area contributed by atoms with E-state index in [2.05, 4.69) is 0 Å². The predicted octanol–water partition coefficient (Wildman–Crippen LogP) is 1.95. The second kappa shape index (κ2) is 31.5. The van der Waals surface area contributed by atoms with Crippen molar-refractivity contribution in [2.45, 2.75) is 58.5 Å². The molecule has 1 saturated heterocycles. The summed E-state index contributed by atoms with van der Waals surface area (Å²) >= 11 is 0. The Balaban J connectivity index is 0.00000166. The van der Waals surface area contributed by atoms with Crippen molar-refractivity contribution >= 4 is 35.3 Å². The zero-order valence-electron chi connectivity index (χ0n) is 33.3. The number of benzene rings is 1. The normalized spacial score (nSPS) is 12.6. The molecule has 3 N–H and O–H groups in total. The van der Waals surface area contributed by atoms with Gasteiger partial charge in [-0.2, -0.15) is 0 Å². The van der Waals surface area contributed by atoms with Crippen molar-refractivity contribution in [1.82, 2.24) is 10.5 Å². The summed E-state index contributed by atoms with van der Waals surface area (Å²) < 4.78 is 47.9. The van der Waals surface area contributed by atoms with Gasteiger partial charge in [-0.3, -0.25) is 35.2 Å². The average molecular weight is 836 g/mol. The molecule has 1 aliphatic rings. The lowest BCUT2D eigenvalue weighted by Gasteiger charge is -2.18. The van der Waals surface area contributed by atoms with E-state index < -0.39 is 39.3 Å². The largest absolute Gasteiger partial charge is 0.443 e. The molecular weight excluding hydrogens is 778 g/mol. The summed E-state index contributed by atoms with van der Waals surface area (Å²) in [7, 11) is 0. The van der Waals surface area contributed by atoms with Gasteiger partial charge in [-0.25, -0.2) is 15.4 Å². The van der Waals surface area contributed by atoms with E-state index in [1.807, 2.05) is 5.43 Å². The van der Waals surface area contributed by atoms with Crippen molar-refractivity contribution in [3.05, 3.63) is 44.0 Å². The highest BCUT2D eigenvalue weighted by Gasteiger charge is 2.32. The fourth-order valence-electron chi connectivity index (χ4n) is 4.32. The first-order valence-electron chi connectivity index (χ1n) is 18.5. The highest BCUT2D eigenvalue weighted by atomic mass is 16.7. The summed E-state index contributed by atoms with van der Waals surface area (Å²) in [5.74, 6) is 3.00. The summed E-state index contributed by atoms with van der Waals surface area (Å²) in [6.07, 6.45) is 0.289. The van der Waals surface area contributed by atoms with Crippen LogP contribution in [-0.2, 0) is 68.3 Å². The Labute approximate surface area is 336 Å². The van der Waals surface area contributed by atoms with Gasteiger partial charge in [0.05, 0.1) is 121 Å². The molecule has 0 bridgehead atoms. The van der Waals surface area contributed by atoms with Crippen LogP contribution in [0.4, 0.5) is 16.2 Å². The van der Waals surface area contributed by atoms with Crippen molar-refractivity contribution in [1.29, 1.82) is 0 Å². The minimum atomic E-state index is -0.713. The van der Waals surface area contributed by atoms with Crippen LogP contribution in [0.3, 0.4) is 0 Å². The minimum absolute atomic E-state index is 0.0474. The number of rotatable bonds is 31. The van der Waals surface area contributed by atoms with Crippen LogP contribution in [-0.4, -0.2) is 150 Å². The first kappa shape index (κ1) is 51.6. The molecule has 0 saturated carbocycles. The SMILES string of the molecule is CC(C)(C)OC(=O)NN.O=C(CCOCCOCCOCCOCCOCCOCCOCCOCCCc1ccc([N+](=O)[O-])cc1[N+](=O)[O-])ON1C(=O)CCC1=O. The van der Waals surface area contributed by atoms with Crippen LogP contribution in [0.2, 0.25) is 0 Å². The number of carbonyl (C=O) groups is 4. The summed E-state index contributed by atoms with van der Waals surface area (Å²) in [6.45, 7) is 11.1. The van der Waals surface area contributed by atoms with E-state index >= 15 is 0 Å². The number of hydrazine groups is 1. The maximum absolute atomic E-state index is 11.6. The molecule has 1 aromatic rings. The Morgan fingerprint density at radius 1 is 0.690 bits per heavy atom. The van der Waals surface area contributed by atoms with Crippen LogP contribution in [0.15, 0.2) is 18.2 Å². The van der Waals surface area contributed by atoms with E-state index in [1.165, 1.54) is 12.1 Å². The van der Waals surface area contributed by atoms with Crippen LogP contribution in [0, 0.1) is 20.2 Å². The molecule has 3 amide bonds. The lowest BCUT2D eigenvalue weighted by Crippen LogP contribution is -2.36. The first-order chi connectivity index (χ1) is 27.7. The smallest absolute Gasteiger partial charge is 0.421 e. The molecule has 330 valence electrons. The first-order valence-corrected chi connectivity index (χ1v) is 18.5.